The van der Waals surface area contributed by atoms with Crippen molar-refractivity contribution in [1.29, 1.82) is 0 Å². The number of hydrogen-bond donors (Lipinski definition) is 5. The molecule has 1 aromatic rings. The smallest absolute Gasteiger partial charge is 0.290 e. The number of hydrogen-bond acceptors (Lipinski definition) is 6. The van der Waals surface area contributed by atoms with E-state index in [2.05, 4.69) is 21.3 Å². The van der Waals surface area contributed by atoms with Gasteiger partial charge in [-0.25, -0.2) is 0 Å². The van der Waals surface area contributed by atoms with Gasteiger partial charge in [0.1, 0.15) is 17.6 Å². The van der Waals surface area contributed by atoms with Crippen molar-refractivity contribution in [2.24, 2.45) is 11.7 Å². The molecular weight excluding hydrogens is 466 g/mol. The molecule has 1 rings (SSSR count). The number of rotatable bonds is 13. The van der Waals surface area contributed by atoms with Gasteiger partial charge in [-0.3, -0.25) is 28.8 Å². The van der Waals surface area contributed by atoms with Gasteiger partial charge in [-0.15, -0.1) is 0 Å². The minimum atomic E-state index is -1.35. The van der Waals surface area contributed by atoms with Crippen LogP contribution in [0.1, 0.15) is 53.5 Å². The molecule has 0 spiro atoms. The molecule has 0 heterocycles. The quantitative estimate of drug-likeness (QED) is 0.231. The van der Waals surface area contributed by atoms with E-state index >= 15 is 0 Å². The highest BCUT2D eigenvalue weighted by Gasteiger charge is 2.32. The Morgan fingerprint density at radius 1 is 0.833 bits per heavy atom. The van der Waals surface area contributed by atoms with E-state index in [1.54, 1.807) is 12.1 Å². The summed E-state index contributed by atoms with van der Waals surface area (Å²) in [6.07, 6.45) is 0.415. The SMILES string of the molecule is CC(C)CC(NC(=O)Cc1ccccc1)C(=O)NC(C)C(=O)C(=O)NC(C)C(=O)NC(C)(C)C(N)=O. The Bertz CT molecular complexity index is 976. The van der Waals surface area contributed by atoms with Gasteiger partial charge >= 0.3 is 0 Å². The topological polar surface area (TPSA) is 177 Å². The lowest BCUT2D eigenvalue weighted by Crippen LogP contribution is -2.59. The molecule has 1 aromatic carbocycles. The highest BCUT2D eigenvalue weighted by Crippen LogP contribution is 2.07. The van der Waals surface area contributed by atoms with Crippen molar-refractivity contribution in [2.75, 3.05) is 0 Å². The van der Waals surface area contributed by atoms with Crippen molar-refractivity contribution in [3.63, 3.8) is 0 Å². The Labute approximate surface area is 211 Å². The summed E-state index contributed by atoms with van der Waals surface area (Å²) in [5.41, 5.74) is 4.65. The Balaban J connectivity index is 2.73. The number of carbonyl (C=O) groups is 6. The number of benzene rings is 1. The number of Topliss-reactive ketones (excluding diaryl/α,β-unsaturated/α-hetero) is 1. The van der Waals surface area contributed by atoms with Crippen LogP contribution in [0.4, 0.5) is 0 Å². The molecule has 0 fully saturated rings. The molecule has 3 unspecified atom stereocenters. The average Bonchev–Trinajstić information content (AvgIpc) is 2.77. The number of nitrogens with two attached hydrogens (primary N) is 1. The summed E-state index contributed by atoms with van der Waals surface area (Å²) >= 11 is 0. The highest BCUT2D eigenvalue weighted by atomic mass is 16.2. The van der Waals surface area contributed by atoms with E-state index in [4.69, 9.17) is 5.73 Å². The molecule has 0 aliphatic heterocycles. The molecule has 0 bridgehead atoms. The van der Waals surface area contributed by atoms with E-state index in [9.17, 15) is 28.8 Å². The first kappa shape index (κ1) is 30.3. The second-order valence-electron chi connectivity index (χ2n) is 9.68. The molecule has 11 nitrogen and oxygen atoms in total. The Hall–Kier alpha value is -3.76. The lowest BCUT2D eigenvalue weighted by atomic mass is 10.0. The normalized spacial score (nSPS) is 13.6. The predicted octanol–water partition coefficient (Wildman–Crippen LogP) is -0.281. The Morgan fingerprint density at radius 2 is 1.42 bits per heavy atom. The molecule has 36 heavy (non-hydrogen) atoms. The van der Waals surface area contributed by atoms with Crippen molar-refractivity contribution in [2.45, 2.75) is 78.0 Å². The molecular formula is C25H37N5O6. The fourth-order valence-electron chi connectivity index (χ4n) is 3.12. The van der Waals surface area contributed by atoms with Crippen molar-refractivity contribution in [1.82, 2.24) is 21.3 Å². The predicted molar refractivity (Wildman–Crippen MR) is 133 cm³/mol. The van der Waals surface area contributed by atoms with Gasteiger partial charge in [-0.1, -0.05) is 44.2 Å². The van der Waals surface area contributed by atoms with Gasteiger partial charge in [-0.05, 0) is 45.6 Å². The zero-order valence-corrected chi connectivity index (χ0v) is 21.6. The van der Waals surface area contributed by atoms with Gasteiger partial charge in [0.15, 0.2) is 0 Å². The third-order valence-corrected chi connectivity index (χ3v) is 5.33. The minimum Gasteiger partial charge on any atom is -0.368 e. The molecule has 0 aromatic heterocycles. The van der Waals surface area contributed by atoms with E-state index in [0.29, 0.717) is 6.42 Å². The van der Waals surface area contributed by atoms with E-state index in [1.807, 2.05) is 32.0 Å². The third-order valence-electron chi connectivity index (χ3n) is 5.33. The van der Waals surface area contributed by atoms with Gasteiger partial charge < -0.3 is 27.0 Å². The molecule has 6 N–H and O–H groups in total. The van der Waals surface area contributed by atoms with Gasteiger partial charge in [0, 0.05) is 0 Å². The third kappa shape index (κ3) is 9.85. The largest absolute Gasteiger partial charge is 0.368 e. The summed E-state index contributed by atoms with van der Waals surface area (Å²) in [6, 6.07) is 5.79. The summed E-state index contributed by atoms with van der Waals surface area (Å²) in [6.45, 7) is 9.24. The number of ketones is 1. The fraction of sp³-hybridized carbons (Fsp3) is 0.520. The van der Waals surface area contributed by atoms with Crippen molar-refractivity contribution >= 4 is 35.3 Å². The summed E-state index contributed by atoms with van der Waals surface area (Å²) in [4.78, 5) is 73.8. The van der Waals surface area contributed by atoms with Crippen LogP contribution in [0, 0.1) is 5.92 Å². The van der Waals surface area contributed by atoms with Gasteiger partial charge in [0.25, 0.3) is 5.91 Å². The lowest BCUT2D eigenvalue weighted by Gasteiger charge is -2.25. The van der Waals surface area contributed by atoms with E-state index in [-0.39, 0.29) is 18.2 Å². The number of carbonyl (C=O) groups excluding carboxylic acids is 6. The summed E-state index contributed by atoms with van der Waals surface area (Å²) in [5.74, 6) is -4.43. The first-order valence-electron chi connectivity index (χ1n) is 11.7. The van der Waals surface area contributed by atoms with Gasteiger partial charge in [0.05, 0.1) is 12.5 Å². The lowest BCUT2D eigenvalue weighted by molar-refractivity contribution is -0.141. The zero-order valence-electron chi connectivity index (χ0n) is 21.6. The van der Waals surface area contributed by atoms with Crippen LogP contribution in [0.25, 0.3) is 0 Å². The maximum Gasteiger partial charge on any atom is 0.290 e. The standard InChI is InChI=1S/C25H37N5O6/c1-14(2)12-18(29-19(31)13-17-10-8-7-9-11-17)22(34)27-15(3)20(32)23(35)28-16(4)21(33)30-25(5,6)24(26)36/h7-11,14-16,18H,12-13H2,1-6H3,(H2,26,36)(H,27,34)(H,28,35)(H,29,31)(H,30,33). The number of primary amides is 1. The van der Waals surface area contributed by atoms with Gasteiger partial charge in [-0.2, -0.15) is 0 Å². The van der Waals surface area contributed by atoms with Crippen LogP contribution < -0.4 is 27.0 Å². The maximum atomic E-state index is 12.8. The monoisotopic (exact) mass is 503 g/mol. The summed E-state index contributed by atoms with van der Waals surface area (Å²) in [5, 5.41) is 9.78. The van der Waals surface area contributed by atoms with Crippen molar-refractivity contribution < 1.29 is 28.8 Å². The van der Waals surface area contributed by atoms with Gasteiger partial charge in [0.2, 0.25) is 29.4 Å². The van der Waals surface area contributed by atoms with Crippen LogP contribution in [0.3, 0.4) is 0 Å². The second-order valence-corrected chi connectivity index (χ2v) is 9.68. The van der Waals surface area contributed by atoms with Crippen LogP contribution in [0.5, 0.6) is 0 Å². The molecule has 0 saturated heterocycles. The zero-order chi connectivity index (χ0) is 27.6. The molecule has 198 valence electrons. The second kappa shape index (κ2) is 13.4. The average molecular weight is 504 g/mol. The van der Waals surface area contributed by atoms with Crippen LogP contribution in [-0.4, -0.2) is 59.0 Å². The maximum absolute atomic E-state index is 12.8. The molecule has 11 heteroatoms. The minimum absolute atomic E-state index is 0.0658. The Kier molecular flexibility index (Phi) is 11.2. The molecule has 0 radical (unpaired) electrons. The van der Waals surface area contributed by atoms with E-state index < -0.39 is 53.1 Å². The van der Waals surface area contributed by atoms with Crippen LogP contribution in [0.2, 0.25) is 0 Å². The molecule has 0 saturated carbocycles. The van der Waals surface area contributed by atoms with E-state index in [0.717, 1.165) is 5.56 Å². The summed E-state index contributed by atoms with van der Waals surface area (Å²) in [7, 11) is 0. The van der Waals surface area contributed by atoms with Crippen molar-refractivity contribution in [3.05, 3.63) is 35.9 Å². The van der Waals surface area contributed by atoms with Crippen LogP contribution in [0.15, 0.2) is 30.3 Å². The van der Waals surface area contributed by atoms with E-state index in [1.165, 1.54) is 27.7 Å². The summed E-state index contributed by atoms with van der Waals surface area (Å²) < 4.78 is 0. The van der Waals surface area contributed by atoms with Crippen LogP contribution >= 0.6 is 0 Å². The van der Waals surface area contributed by atoms with Crippen molar-refractivity contribution in [3.8, 4) is 0 Å². The Morgan fingerprint density at radius 3 is 1.94 bits per heavy atom. The molecule has 5 amide bonds. The molecule has 3 atom stereocenters. The highest BCUT2D eigenvalue weighted by molar-refractivity contribution is 6.38. The van der Waals surface area contributed by atoms with Crippen LogP contribution in [-0.2, 0) is 35.2 Å². The number of amides is 5. The first-order chi connectivity index (χ1) is 16.6. The molecule has 0 aliphatic carbocycles. The first-order valence-corrected chi connectivity index (χ1v) is 11.7. The fourth-order valence-corrected chi connectivity index (χ4v) is 3.12. The number of nitrogens with one attached hydrogen (secondary N) is 4. The molecule has 0 aliphatic rings.